The van der Waals surface area contributed by atoms with Crippen molar-refractivity contribution >= 4 is 23.5 Å². The van der Waals surface area contributed by atoms with Crippen LogP contribution in [-0.2, 0) is 0 Å². The number of hydrogen-bond donors (Lipinski definition) is 2. The van der Waals surface area contributed by atoms with Crippen LogP contribution in [0.4, 0.5) is 0 Å². The Bertz CT molecular complexity index is 806. The third kappa shape index (κ3) is 3.26. The SMILES string of the molecule is Cc1ccc(-c2cc(C(=O)N/N=C/c3ccccn3)n[nH]2)s1. The molecule has 0 spiro atoms. The van der Waals surface area contributed by atoms with Gasteiger partial charge in [-0.2, -0.15) is 10.2 Å². The molecular weight excluding hydrogens is 298 g/mol. The number of amides is 1. The number of rotatable bonds is 4. The van der Waals surface area contributed by atoms with Gasteiger partial charge in [0.2, 0.25) is 0 Å². The van der Waals surface area contributed by atoms with Gasteiger partial charge >= 0.3 is 0 Å². The minimum Gasteiger partial charge on any atom is -0.276 e. The second-order valence-corrected chi connectivity index (χ2v) is 5.82. The number of pyridine rings is 1. The van der Waals surface area contributed by atoms with Crippen LogP contribution in [0.5, 0.6) is 0 Å². The molecule has 0 radical (unpaired) electrons. The number of nitrogens with one attached hydrogen (secondary N) is 2. The Morgan fingerprint density at radius 1 is 1.36 bits per heavy atom. The lowest BCUT2D eigenvalue weighted by Crippen LogP contribution is -2.18. The normalized spacial score (nSPS) is 11.0. The second kappa shape index (κ2) is 6.31. The number of H-pyrrole nitrogens is 1. The van der Waals surface area contributed by atoms with Gasteiger partial charge in [0.25, 0.3) is 5.91 Å². The van der Waals surface area contributed by atoms with Crippen molar-refractivity contribution in [2.75, 3.05) is 0 Å². The van der Waals surface area contributed by atoms with E-state index in [0.717, 1.165) is 10.6 Å². The Morgan fingerprint density at radius 2 is 2.27 bits per heavy atom. The third-order valence-electron chi connectivity index (χ3n) is 2.87. The van der Waals surface area contributed by atoms with E-state index in [9.17, 15) is 4.79 Å². The molecule has 110 valence electrons. The highest BCUT2D eigenvalue weighted by molar-refractivity contribution is 7.15. The molecule has 0 aliphatic heterocycles. The summed E-state index contributed by atoms with van der Waals surface area (Å²) in [5, 5.41) is 10.7. The predicted molar refractivity (Wildman–Crippen MR) is 85.9 cm³/mol. The standard InChI is InChI=1S/C15H13N5OS/c1-10-5-6-14(22-10)12-8-13(19-18-12)15(21)20-17-9-11-4-2-3-7-16-11/h2-9H,1H3,(H,18,19)(H,20,21)/b17-9+. The van der Waals surface area contributed by atoms with Crippen molar-refractivity contribution in [1.82, 2.24) is 20.6 Å². The van der Waals surface area contributed by atoms with Gasteiger partial charge in [0.1, 0.15) is 0 Å². The molecule has 3 heterocycles. The molecule has 0 saturated heterocycles. The van der Waals surface area contributed by atoms with Gasteiger partial charge in [0.15, 0.2) is 5.69 Å². The zero-order chi connectivity index (χ0) is 15.4. The minimum absolute atomic E-state index is 0.291. The van der Waals surface area contributed by atoms with Crippen LogP contribution in [0.3, 0.4) is 0 Å². The number of aromatic nitrogens is 3. The molecule has 3 rings (SSSR count). The van der Waals surface area contributed by atoms with Crippen LogP contribution in [0.2, 0.25) is 0 Å². The van der Waals surface area contributed by atoms with Crippen molar-refractivity contribution in [3.05, 3.63) is 58.9 Å². The molecule has 0 unspecified atom stereocenters. The van der Waals surface area contributed by atoms with Crippen molar-refractivity contribution in [3.63, 3.8) is 0 Å². The first-order valence-electron chi connectivity index (χ1n) is 6.59. The van der Waals surface area contributed by atoms with Crippen LogP contribution in [0, 0.1) is 6.92 Å². The Balaban J connectivity index is 1.66. The Morgan fingerprint density at radius 3 is 3.00 bits per heavy atom. The topological polar surface area (TPSA) is 83.0 Å². The fourth-order valence-corrected chi connectivity index (χ4v) is 2.64. The van der Waals surface area contributed by atoms with Crippen LogP contribution >= 0.6 is 11.3 Å². The van der Waals surface area contributed by atoms with E-state index in [4.69, 9.17) is 0 Å². The monoisotopic (exact) mass is 311 g/mol. The summed E-state index contributed by atoms with van der Waals surface area (Å²) in [7, 11) is 0. The quantitative estimate of drug-likeness (QED) is 0.574. The molecular formula is C15H13N5OS. The average Bonchev–Trinajstić information content (AvgIpc) is 3.17. The maximum Gasteiger partial charge on any atom is 0.291 e. The number of carbonyl (C=O) groups is 1. The maximum absolute atomic E-state index is 12.0. The summed E-state index contributed by atoms with van der Waals surface area (Å²) in [6, 6.07) is 11.2. The number of nitrogens with zero attached hydrogens (tertiary/aromatic N) is 3. The summed E-state index contributed by atoms with van der Waals surface area (Å²) in [5.41, 5.74) is 4.20. The highest BCUT2D eigenvalue weighted by atomic mass is 32.1. The van der Waals surface area contributed by atoms with Gasteiger partial charge in [0.05, 0.1) is 22.5 Å². The summed E-state index contributed by atoms with van der Waals surface area (Å²) >= 11 is 1.64. The molecule has 2 N–H and O–H groups in total. The zero-order valence-electron chi connectivity index (χ0n) is 11.8. The fraction of sp³-hybridized carbons (Fsp3) is 0.0667. The summed E-state index contributed by atoms with van der Waals surface area (Å²) in [5.74, 6) is -0.372. The minimum atomic E-state index is -0.372. The molecule has 7 heteroatoms. The summed E-state index contributed by atoms with van der Waals surface area (Å²) in [4.78, 5) is 18.3. The number of hydrogen-bond acceptors (Lipinski definition) is 5. The van der Waals surface area contributed by atoms with Crippen molar-refractivity contribution in [2.24, 2.45) is 5.10 Å². The molecule has 1 amide bonds. The maximum atomic E-state index is 12.0. The zero-order valence-corrected chi connectivity index (χ0v) is 12.6. The van der Waals surface area contributed by atoms with Gasteiger partial charge in [-0.05, 0) is 37.3 Å². The van der Waals surface area contributed by atoms with Crippen molar-refractivity contribution < 1.29 is 4.79 Å². The summed E-state index contributed by atoms with van der Waals surface area (Å²) in [6.07, 6.45) is 3.14. The van der Waals surface area contributed by atoms with Gasteiger partial charge in [-0.1, -0.05) is 6.07 Å². The summed E-state index contributed by atoms with van der Waals surface area (Å²) in [6.45, 7) is 2.03. The van der Waals surface area contributed by atoms with Crippen molar-refractivity contribution in [1.29, 1.82) is 0 Å². The van der Waals surface area contributed by atoms with Gasteiger partial charge in [-0.3, -0.25) is 14.9 Å². The highest BCUT2D eigenvalue weighted by Gasteiger charge is 2.11. The lowest BCUT2D eigenvalue weighted by Gasteiger charge is -1.94. The van der Waals surface area contributed by atoms with Gasteiger partial charge < -0.3 is 0 Å². The molecule has 0 bridgehead atoms. The molecule has 22 heavy (non-hydrogen) atoms. The molecule has 0 aliphatic carbocycles. The molecule has 0 atom stereocenters. The second-order valence-electron chi connectivity index (χ2n) is 4.53. The van der Waals surface area contributed by atoms with E-state index in [-0.39, 0.29) is 5.91 Å². The van der Waals surface area contributed by atoms with Crippen LogP contribution < -0.4 is 5.43 Å². The Labute approximate surface area is 130 Å². The number of thiophene rings is 1. The first-order chi connectivity index (χ1) is 10.7. The van der Waals surface area contributed by atoms with Crippen LogP contribution in [0.15, 0.2) is 47.7 Å². The highest BCUT2D eigenvalue weighted by Crippen LogP contribution is 2.26. The van der Waals surface area contributed by atoms with Crippen LogP contribution in [-0.4, -0.2) is 27.3 Å². The smallest absolute Gasteiger partial charge is 0.276 e. The Hall–Kier alpha value is -2.80. The number of aryl methyl sites for hydroxylation is 1. The van der Waals surface area contributed by atoms with Gasteiger partial charge in [-0.25, -0.2) is 5.43 Å². The van der Waals surface area contributed by atoms with Crippen molar-refractivity contribution in [3.8, 4) is 10.6 Å². The van der Waals surface area contributed by atoms with E-state index < -0.39 is 0 Å². The van der Waals surface area contributed by atoms with Gasteiger partial charge in [-0.15, -0.1) is 11.3 Å². The molecule has 0 aromatic carbocycles. The molecule has 3 aromatic rings. The fourth-order valence-electron chi connectivity index (χ4n) is 1.81. The number of aromatic amines is 1. The van der Waals surface area contributed by atoms with E-state index in [1.807, 2.05) is 31.2 Å². The van der Waals surface area contributed by atoms with Crippen molar-refractivity contribution in [2.45, 2.75) is 6.92 Å². The largest absolute Gasteiger partial charge is 0.291 e. The third-order valence-corrected chi connectivity index (χ3v) is 3.90. The van der Waals surface area contributed by atoms with Crippen LogP contribution in [0.25, 0.3) is 10.6 Å². The number of hydrazone groups is 1. The molecule has 0 fully saturated rings. The van der Waals surface area contributed by atoms with E-state index in [2.05, 4.69) is 25.7 Å². The first kappa shape index (κ1) is 14.2. The molecule has 3 aromatic heterocycles. The van der Waals surface area contributed by atoms with E-state index >= 15 is 0 Å². The average molecular weight is 311 g/mol. The molecule has 0 saturated carbocycles. The molecule has 6 nitrogen and oxygen atoms in total. The lowest BCUT2D eigenvalue weighted by atomic mass is 10.3. The Kier molecular flexibility index (Phi) is 4.06. The number of carbonyl (C=O) groups excluding carboxylic acids is 1. The first-order valence-corrected chi connectivity index (χ1v) is 7.41. The molecule has 0 aliphatic rings. The van der Waals surface area contributed by atoms with E-state index in [1.54, 1.807) is 29.7 Å². The van der Waals surface area contributed by atoms with E-state index in [1.165, 1.54) is 11.1 Å². The van der Waals surface area contributed by atoms with Gasteiger partial charge in [0, 0.05) is 11.1 Å². The predicted octanol–water partition coefficient (Wildman–Crippen LogP) is 2.61. The van der Waals surface area contributed by atoms with Crippen LogP contribution in [0.1, 0.15) is 21.1 Å². The lowest BCUT2D eigenvalue weighted by molar-refractivity contribution is 0.0950. The van der Waals surface area contributed by atoms with E-state index in [0.29, 0.717) is 11.4 Å². The summed E-state index contributed by atoms with van der Waals surface area (Å²) < 4.78 is 0.